The first-order valence-corrected chi connectivity index (χ1v) is 10.5. The van der Waals surface area contributed by atoms with E-state index in [1.54, 1.807) is 46.6 Å². The number of amides is 1. The molecule has 1 fully saturated rings. The summed E-state index contributed by atoms with van der Waals surface area (Å²) < 4.78 is 21.2. The minimum Gasteiger partial charge on any atom is -0.493 e. The van der Waals surface area contributed by atoms with Crippen molar-refractivity contribution in [3.8, 4) is 23.0 Å². The summed E-state index contributed by atoms with van der Waals surface area (Å²) in [4.78, 5) is 12.3. The van der Waals surface area contributed by atoms with Gasteiger partial charge in [0.25, 0.3) is 0 Å². The molecule has 7 nitrogen and oxygen atoms in total. The fourth-order valence-corrected chi connectivity index (χ4v) is 3.66. The van der Waals surface area contributed by atoms with Gasteiger partial charge in [0.1, 0.15) is 0 Å². The Morgan fingerprint density at radius 3 is 2.10 bits per heavy atom. The molecular formula is C24H32N2O5. The van der Waals surface area contributed by atoms with Gasteiger partial charge in [0, 0.05) is 30.3 Å². The Hall–Kier alpha value is -2.93. The maximum absolute atomic E-state index is 12.3. The van der Waals surface area contributed by atoms with Crippen LogP contribution in [0.1, 0.15) is 31.2 Å². The van der Waals surface area contributed by atoms with E-state index in [-0.39, 0.29) is 11.4 Å². The van der Waals surface area contributed by atoms with Gasteiger partial charge in [0.05, 0.1) is 28.4 Å². The lowest BCUT2D eigenvalue weighted by Gasteiger charge is -2.18. The maximum Gasteiger partial charge on any atom is 0.225 e. The zero-order valence-electron chi connectivity index (χ0n) is 18.7. The number of hydrogen-bond acceptors (Lipinski definition) is 6. The van der Waals surface area contributed by atoms with Crippen LogP contribution in [0.15, 0.2) is 36.4 Å². The molecule has 1 aliphatic carbocycles. The zero-order chi connectivity index (χ0) is 22.3. The molecule has 0 radical (unpaired) electrons. The van der Waals surface area contributed by atoms with Crippen LogP contribution in [0.3, 0.4) is 0 Å². The van der Waals surface area contributed by atoms with Crippen LogP contribution in [0.25, 0.3) is 0 Å². The Balaban J connectivity index is 1.44. The predicted octanol–water partition coefficient (Wildman–Crippen LogP) is 3.80. The third-order valence-electron chi connectivity index (χ3n) is 5.71. The normalized spacial score (nSPS) is 13.9. The van der Waals surface area contributed by atoms with Crippen LogP contribution in [0, 0.1) is 0 Å². The van der Waals surface area contributed by atoms with Gasteiger partial charge >= 0.3 is 0 Å². The average molecular weight is 429 g/mol. The lowest BCUT2D eigenvalue weighted by molar-refractivity contribution is -0.116. The van der Waals surface area contributed by atoms with Crippen LogP contribution in [0.5, 0.6) is 23.0 Å². The fourth-order valence-electron chi connectivity index (χ4n) is 3.66. The molecule has 7 heteroatoms. The lowest BCUT2D eigenvalue weighted by Crippen LogP contribution is -2.34. The Morgan fingerprint density at radius 1 is 0.871 bits per heavy atom. The third kappa shape index (κ3) is 6.04. The maximum atomic E-state index is 12.3. The third-order valence-corrected chi connectivity index (χ3v) is 5.71. The number of ether oxygens (including phenoxy) is 4. The summed E-state index contributed by atoms with van der Waals surface area (Å²) in [5.74, 6) is 2.68. The molecule has 0 unspecified atom stereocenters. The van der Waals surface area contributed by atoms with E-state index in [1.807, 2.05) is 12.1 Å². The minimum absolute atomic E-state index is 0.0320. The van der Waals surface area contributed by atoms with Crippen molar-refractivity contribution < 1.29 is 23.7 Å². The van der Waals surface area contributed by atoms with E-state index < -0.39 is 0 Å². The highest BCUT2D eigenvalue weighted by Crippen LogP contribution is 2.40. The molecule has 0 aromatic heterocycles. The number of rotatable bonds is 12. The van der Waals surface area contributed by atoms with Crippen molar-refractivity contribution >= 4 is 11.6 Å². The Morgan fingerprint density at radius 2 is 1.48 bits per heavy atom. The van der Waals surface area contributed by atoms with Crippen LogP contribution >= 0.6 is 0 Å². The van der Waals surface area contributed by atoms with Gasteiger partial charge in [-0.1, -0.05) is 6.07 Å². The number of anilines is 1. The zero-order valence-corrected chi connectivity index (χ0v) is 18.7. The summed E-state index contributed by atoms with van der Waals surface area (Å²) in [5.41, 5.74) is 2.05. The summed E-state index contributed by atoms with van der Waals surface area (Å²) in [7, 11) is 6.45. The molecule has 1 saturated carbocycles. The smallest absolute Gasteiger partial charge is 0.225 e. The van der Waals surface area contributed by atoms with Crippen molar-refractivity contribution in [2.24, 2.45) is 0 Å². The number of aryl methyl sites for hydroxylation is 1. The average Bonchev–Trinajstić information content (AvgIpc) is 3.57. The first-order valence-electron chi connectivity index (χ1n) is 10.5. The molecule has 0 heterocycles. The molecule has 1 aliphatic rings. The molecule has 0 spiro atoms. The summed E-state index contributed by atoms with van der Waals surface area (Å²) in [6, 6.07) is 11.4. The standard InChI is InChI=1S/C24H32N2O5/c1-28-19-7-5-17(15-21(19)30-3)9-11-24(12-13-24)25-14-10-23(27)26-18-6-8-20(29-2)22(16-18)31-4/h5-8,15-16,25H,9-14H2,1-4H3,(H,26,27). The molecule has 0 aliphatic heterocycles. The van der Waals surface area contributed by atoms with Gasteiger partial charge in [-0.2, -0.15) is 0 Å². The van der Waals surface area contributed by atoms with Crippen molar-refractivity contribution in [3.05, 3.63) is 42.0 Å². The van der Waals surface area contributed by atoms with Crippen molar-refractivity contribution in [1.82, 2.24) is 5.32 Å². The SMILES string of the molecule is COc1ccc(CCC2(NCCC(=O)Nc3ccc(OC)c(OC)c3)CC2)cc1OC. The monoisotopic (exact) mass is 428 g/mol. The van der Waals surface area contributed by atoms with Gasteiger partial charge in [0.15, 0.2) is 23.0 Å². The summed E-state index contributed by atoms with van der Waals surface area (Å²) in [5, 5.41) is 6.50. The topological polar surface area (TPSA) is 78.1 Å². The molecule has 1 amide bonds. The summed E-state index contributed by atoms with van der Waals surface area (Å²) in [6.45, 7) is 0.644. The van der Waals surface area contributed by atoms with Crippen LogP contribution in [-0.2, 0) is 11.2 Å². The van der Waals surface area contributed by atoms with E-state index in [1.165, 1.54) is 5.56 Å². The Kier molecular flexibility index (Phi) is 7.63. The van der Waals surface area contributed by atoms with Gasteiger partial charge in [-0.3, -0.25) is 4.79 Å². The molecule has 168 valence electrons. The van der Waals surface area contributed by atoms with Gasteiger partial charge in [-0.25, -0.2) is 0 Å². The highest BCUT2D eigenvalue weighted by atomic mass is 16.5. The summed E-state index contributed by atoms with van der Waals surface area (Å²) >= 11 is 0. The highest BCUT2D eigenvalue weighted by molar-refractivity contribution is 5.91. The molecule has 2 aromatic rings. The number of methoxy groups -OCH3 is 4. The molecule has 2 aromatic carbocycles. The molecule has 0 atom stereocenters. The van der Waals surface area contributed by atoms with Gasteiger partial charge in [0.2, 0.25) is 5.91 Å². The van der Waals surface area contributed by atoms with Crippen molar-refractivity contribution in [2.45, 2.75) is 37.6 Å². The second-order valence-electron chi connectivity index (χ2n) is 7.76. The first kappa shape index (κ1) is 22.7. The Bertz CT molecular complexity index is 896. The largest absolute Gasteiger partial charge is 0.493 e. The van der Waals surface area contributed by atoms with E-state index in [0.717, 1.165) is 37.2 Å². The quantitative estimate of drug-likeness (QED) is 0.535. The predicted molar refractivity (Wildman–Crippen MR) is 121 cm³/mol. The molecule has 31 heavy (non-hydrogen) atoms. The first-order chi connectivity index (χ1) is 15.0. The van der Waals surface area contributed by atoms with Gasteiger partial charge < -0.3 is 29.6 Å². The van der Waals surface area contributed by atoms with E-state index in [2.05, 4.69) is 16.7 Å². The molecule has 3 rings (SSSR count). The number of benzene rings is 2. The van der Waals surface area contributed by atoms with E-state index >= 15 is 0 Å². The second kappa shape index (κ2) is 10.4. The fraction of sp³-hybridized carbons (Fsp3) is 0.458. The number of nitrogens with one attached hydrogen (secondary N) is 2. The number of carbonyl (C=O) groups excluding carboxylic acids is 1. The van der Waals surface area contributed by atoms with Crippen LogP contribution in [-0.4, -0.2) is 46.4 Å². The molecule has 2 N–H and O–H groups in total. The Labute approximate surface area is 184 Å². The van der Waals surface area contributed by atoms with Gasteiger partial charge in [-0.05, 0) is 55.5 Å². The molecule has 0 bridgehead atoms. The summed E-state index contributed by atoms with van der Waals surface area (Å²) in [6.07, 6.45) is 4.66. The van der Waals surface area contributed by atoms with Gasteiger partial charge in [-0.15, -0.1) is 0 Å². The van der Waals surface area contributed by atoms with E-state index in [9.17, 15) is 4.79 Å². The van der Waals surface area contributed by atoms with Crippen molar-refractivity contribution in [2.75, 3.05) is 40.3 Å². The highest BCUT2D eigenvalue weighted by Gasteiger charge is 2.41. The lowest BCUT2D eigenvalue weighted by atomic mass is 10.0. The van der Waals surface area contributed by atoms with E-state index in [4.69, 9.17) is 18.9 Å². The minimum atomic E-state index is -0.0320. The molecular weight excluding hydrogens is 396 g/mol. The van der Waals surface area contributed by atoms with E-state index in [0.29, 0.717) is 30.2 Å². The van der Waals surface area contributed by atoms with Crippen LogP contribution in [0.4, 0.5) is 5.69 Å². The second-order valence-corrected chi connectivity index (χ2v) is 7.76. The van der Waals surface area contributed by atoms with Crippen LogP contribution < -0.4 is 29.6 Å². The number of carbonyl (C=O) groups is 1. The van der Waals surface area contributed by atoms with Crippen LogP contribution in [0.2, 0.25) is 0 Å². The van der Waals surface area contributed by atoms with Crippen molar-refractivity contribution in [3.63, 3.8) is 0 Å². The number of hydrogen-bond donors (Lipinski definition) is 2. The van der Waals surface area contributed by atoms with Crippen molar-refractivity contribution in [1.29, 1.82) is 0 Å². The molecule has 0 saturated heterocycles.